The number of pyridine rings is 1. The Morgan fingerprint density at radius 3 is 1.70 bits per heavy atom. The topological polar surface area (TPSA) is 50.9 Å². The molecule has 10 rings (SSSR count). The van der Waals surface area contributed by atoms with Crippen LogP contribution < -0.4 is 0 Å². The molecule has 0 amide bonds. The number of aromatic hydroxyl groups is 1. The van der Waals surface area contributed by atoms with Crippen LogP contribution in [0.2, 0.25) is 0 Å². The first-order chi connectivity index (χ1) is 34.5. The number of rotatable bonds is 11. The average molecular weight is 927 g/mol. The van der Waals surface area contributed by atoms with Gasteiger partial charge in [0.05, 0.1) is 28.0 Å². The summed E-state index contributed by atoms with van der Waals surface area (Å²) < 4.78 is 10.9. The third kappa shape index (κ3) is 9.23. The van der Waals surface area contributed by atoms with Gasteiger partial charge in [-0.1, -0.05) is 196 Å². The van der Waals surface area contributed by atoms with Crippen molar-refractivity contribution >= 4 is 11.0 Å². The van der Waals surface area contributed by atoms with Crippen molar-refractivity contribution in [2.75, 3.05) is 0 Å². The highest BCUT2D eigenvalue weighted by Gasteiger charge is 2.28. The molecule has 0 unspecified atom stereocenters. The minimum atomic E-state index is -0.683. The summed E-state index contributed by atoms with van der Waals surface area (Å²) in [5.41, 5.74) is 20.0. The number of hydrogen-bond acceptors (Lipinski definition) is 3. The van der Waals surface area contributed by atoms with Gasteiger partial charge < -0.3 is 5.11 Å². The zero-order chi connectivity index (χ0) is 50.5. The lowest BCUT2D eigenvalue weighted by Crippen LogP contribution is -2.14. The molecule has 0 atom stereocenters. The number of phenolic OH excluding ortho intramolecular Hbond substituents is 1. The standard InChI is InChI=1S/C67H63N3O/c1-42(2)45-28-30-47(31-29-45)50-32-33-68-61(39-50)54-35-52(46-20-13-10-14-21-46)34-53(36-54)55-26-19-27-62-64(55)69-66(59-38-51(43(3)4)37-56(44(5)6)65(59)71)70(62)63-41-57(48-22-15-11-16-23-48)60(67(7,8)9)40-58(63)49-24-17-12-18-25-49/h10-44,71H,1-9H3/i42D. The number of para-hydroxylation sites is 1. The van der Waals surface area contributed by atoms with Crippen LogP contribution in [0.15, 0.2) is 194 Å². The highest BCUT2D eigenvalue weighted by Crippen LogP contribution is 2.47. The molecule has 2 heterocycles. The van der Waals surface area contributed by atoms with Gasteiger partial charge in [0.15, 0.2) is 0 Å². The van der Waals surface area contributed by atoms with Gasteiger partial charge in [0.1, 0.15) is 11.6 Å². The molecule has 352 valence electrons. The third-order valence-electron chi connectivity index (χ3n) is 13.9. The van der Waals surface area contributed by atoms with E-state index in [9.17, 15) is 5.11 Å². The van der Waals surface area contributed by atoms with Gasteiger partial charge in [0, 0.05) is 24.3 Å². The van der Waals surface area contributed by atoms with Crippen molar-refractivity contribution in [2.45, 2.75) is 85.5 Å². The van der Waals surface area contributed by atoms with E-state index in [1.165, 1.54) is 5.56 Å². The van der Waals surface area contributed by atoms with Crippen LogP contribution in [0.3, 0.4) is 0 Å². The second kappa shape index (κ2) is 19.2. The quantitative estimate of drug-likeness (QED) is 0.141. The number of phenols is 1. The fourth-order valence-corrected chi connectivity index (χ4v) is 9.97. The van der Waals surface area contributed by atoms with Crippen LogP contribution in [-0.4, -0.2) is 19.6 Å². The molecule has 0 aliphatic carbocycles. The summed E-state index contributed by atoms with van der Waals surface area (Å²) in [5.74, 6) is 0.532. The first-order valence-electron chi connectivity index (χ1n) is 25.5. The Morgan fingerprint density at radius 2 is 1.08 bits per heavy atom. The third-order valence-corrected chi connectivity index (χ3v) is 13.9. The summed E-state index contributed by atoms with van der Waals surface area (Å²) in [6, 6.07) is 66.7. The summed E-state index contributed by atoms with van der Waals surface area (Å²) in [4.78, 5) is 10.8. The lowest BCUT2D eigenvalue weighted by molar-refractivity contribution is 0.466. The second-order valence-corrected chi connectivity index (χ2v) is 20.8. The van der Waals surface area contributed by atoms with Crippen molar-refractivity contribution in [2.24, 2.45) is 0 Å². The Bertz CT molecular complexity index is 3580. The van der Waals surface area contributed by atoms with Crippen molar-refractivity contribution in [3.8, 4) is 89.7 Å². The maximum Gasteiger partial charge on any atom is 0.149 e. The van der Waals surface area contributed by atoms with Gasteiger partial charge in [0.2, 0.25) is 0 Å². The summed E-state index contributed by atoms with van der Waals surface area (Å²) in [7, 11) is 0. The molecular formula is C67H63N3O. The molecule has 0 radical (unpaired) electrons. The maximum absolute atomic E-state index is 12.6. The summed E-state index contributed by atoms with van der Waals surface area (Å²) in [6.45, 7) is 19.4. The monoisotopic (exact) mass is 927 g/mol. The molecule has 4 nitrogen and oxygen atoms in total. The molecule has 1 N–H and O–H groups in total. The Hall–Kier alpha value is -7.82. The van der Waals surface area contributed by atoms with Gasteiger partial charge >= 0.3 is 0 Å². The lowest BCUT2D eigenvalue weighted by Gasteiger charge is -2.27. The Labute approximate surface area is 421 Å². The smallest absolute Gasteiger partial charge is 0.149 e. The first kappa shape index (κ1) is 45.6. The average Bonchev–Trinajstić information content (AvgIpc) is 3.78. The fourth-order valence-electron chi connectivity index (χ4n) is 9.97. The molecule has 4 heteroatoms. The number of aromatic nitrogens is 3. The van der Waals surface area contributed by atoms with E-state index in [0.717, 1.165) is 100 Å². The molecular weight excluding hydrogens is 863 g/mol. The van der Waals surface area contributed by atoms with Crippen LogP contribution in [0.1, 0.15) is 104 Å². The van der Waals surface area contributed by atoms with Crippen LogP contribution in [0, 0.1) is 0 Å². The first-order valence-corrected chi connectivity index (χ1v) is 25.0. The maximum atomic E-state index is 12.6. The largest absolute Gasteiger partial charge is 0.507 e. The minimum Gasteiger partial charge on any atom is -0.507 e. The highest BCUT2D eigenvalue weighted by molar-refractivity contribution is 5.99. The molecule has 0 aliphatic heterocycles. The highest BCUT2D eigenvalue weighted by atomic mass is 16.3. The fraction of sp³-hybridized carbons (Fsp3) is 0.194. The van der Waals surface area contributed by atoms with Crippen molar-refractivity contribution in [1.82, 2.24) is 14.5 Å². The Kier molecular flexibility index (Phi) is 12.3. The molecule has 71 heavy (non-hydrogen) atoms. The van der Waals surface area contributed by atoms with E-state index in [1.807, 2.05) is 20.0 Å². The number of imidazole rings is 1. The molecule has 0 spiro atoms. The Morgan fingerprint density at radius 1 is 0.479 bits per heavy atom. The molecule has 2 aromatic heterocycles. The van der Waals surface area contributed by atoms with Crippen LogP contribution in [0.4, 0.5) is 0 Å². The van der Waals surface area contributed by atoms with Crippen molar-refractivity contribution in [1.29, 1.82) is 0 Å². The predicted octanol–water partition coefficient (Wildman–Crippen LogP) is 18.5. The van der Waals surface area contributed by atoms with Crippen molar-refractivity contribution in [3.63, 3.8) is 0 Å². The van der Waals surface area contributed by atoms with E-state index < -0.39 is 5.89 Å². The van der Waals surface area contributed by atoms with Crippen LogP contribution in [0.5, 0.6) is 5.75 Å². The zero-order valence-electron chi connectivity index (χ0n) is 43.4. The van der Waals surface area contributed by atoms with Gasteiger partial charge in [-0.3, -0.25) is 9.55 Å². The van der Waals surface area contributed by atoms with Crippen molar-refractivity contribution in [3.05, 3.63) is 217 Å². The van der Waals surface area contributed by atoms with Crippen LogP contribution in [0.25, 0.3) is 95.0 Å². The van der Waals surface area contributed by atoms with Crippen molar-refractivity contribution < 1.29 is 6.48 Å². The summed E-state index contributed by atoms with van der Waals surface area (Å²) in [6.07, 6.45) is 1.89. The van der Waals surface area contributed by atoms with Crippen LogP contribution in [-0.2, 0) is 5.41 Å². The Balaban J connectivity index is 1.28. The molecule has 0 aliphatic rings. The SMILES string of the molecule is [2H]C(C)(C)c1ccc(-c2ccnc(-c3cc(-c4ccccc4)cc(-c4cccc5c4nc(-c4cc(C(C)C)cc(C(C)C)c4O)n5-c4cc(-c5ccccc5)c(C(C)(C)C)cc4-c4ccccc4)c3)c2)cc1. The van der Waals surface area contributed by atoms with E-state index >= 15 is 0 Å². The molecule has 0 saturated carbocycles. The van der Waals surface area contributed by atoms with Gasteiger partial charge in [-0.05, 0) is 145 Å². The zero-order valence-corrected chi connectivity index (χ0v) is 42.4. The van der Waals surface area contributed by atoms with E-state index in [4.69, 9.17) is 11.3 Å². The normalized spacial score (nSPS) is 12.2. The number of nitrogens with zero attached hydrogens (tertiary/aromatic N) is 3. The molecule has 0 fully saturated rings. The van der Waals surface area contributed by atoms with Gasteiger partial charge in [-0.2, -0.15) is 0 Å². The molecule has 10 aromatic rings. The molecule has 8 aromatic carbocycles. The van der Waals surface area contributed by atoms with Gasteiger partial charge in [-0.25, -0.2) is 4.98 Å². The summed E-state index contributed by atoms with van der Waals surface area (Å²) >= 11 is 0. The van der Waals surface area contributed by atoms with E-state index in [2.05, 4.69) is 241 Å². The predicted molar refractivity (Wildman–Crippen MR) is 300 cm³/mol. The molecule has 0 bridgehead atoms. The molecule has 0 saturated heterocycles. The lowest BCUT2D eigenvalue weighted by atomic mass is 9.79. The van der Waals surface area contributed by atoms with Gasteiger partial charge in [0.25, 0.3) is 0 Å². The van der Waals surface area contributed by atoms with Crippen LogP contribution >= 0.6 is 0 Å². The number of benzene rings is 8. The summed E-state index contributed by atoms with van der Waals surface area (Å²) in [5, 5.41) is 12.6. The number of hydrogen-bond donors (Lipinski definition) is 1. The van der Waals surface area contributed by atoms with Gasteiger partial charge in [-0.15, -0.1) is 0 Å². The van der Waals surface area contributed by atoms with E-state index in [1.54, 1.807) is 0 Å². The van der Waals surface area contributed by atoms with E-state index in [0.29, 0.717) is 11.4 Å². The minimum absolute atomic E-state index is 0.0764. The second-order valence-electron chi connectivity index (χ2n) is 20.8. The number of fused-ring (bicyclic) bond motifs is 1. The van der Waals surface area contributed by atoms with E-state index in [-0.39, 0.29) is 23.0 Å².